The number of fused-ring (bicyclic) bond motifs is 1. The Morgan fingerprint density at radius 2 is 1.93 bits per heavy atom. The molecule has 1 aliphatic rings. The van der Waals surface area contributed by atoms with Gasteiger partial charge in [-0.2, -0.15) is 0 Å². The van der Waals surface area contributed by atoms with Crippen molar-refractivity contribution in [2.45, 2.75) is 6.92 Å². The second-order valence-corrected chi connectivity index (χ2v) is 6.60. The average molecular weight is 364 g/mol. The fourth-order valence-electron chi connectivity index (χ4n) is 3.41. The molecule has 4 rings (SSSR count). The number of nitrogens with zero attached hydrogens (tertiary/aromatic N) is 3. The van der Waals surface area contributed by atoms with Crippen molar-refractivity contribution in [2.24, 2.45) is 7.05 Å². The van der Waals surface area contributed by atoms with Gasteiger partial charge in [-0.25, -0.2) is 4.98 Å². The molecule has 3 aromatic rings. The summed E-state index contributed by atoms with van der Waals surface area (Å²) in [7, 11) is 3.44. The summed E-state index contributed by atoms with van der Waals surface area (Å²) in [4.78, 5) is 6.17. The molecule has 1 aliphatic heterocycles. The number of hydrogen-bond acceptors (Lipinski definition) is 5. The summed E-state index contributed by atoms with van der Waals surface area (Å²) in [5.41, 5.74) is 3.34. The first-order valence-corrected chi connectivity index (χ1v) is 8.49. The zero-order chi connectivity index (χ0) is 19.3. The van der Waals surface area contributed by atoms with Gasteiger partial charge in [-0.3, -0.25) is 5.41 Å². The minimum absolute atomic E-state index is 0.0466. The Bertz CT molecular complexity index is 1110. The maximum Gasteiger partial charge on any atom is 0.148 e. The normalized spacial score (nSPS) is 14.5. The molecular weight excluding hydrogens is 344 g/mol. The molecule has 1 aromatic heterocycles. The molecule has 138 valence electrons. The number of ether oxygens (including phenoxy) is 1. The van der Waals surface area contributed by atoms with E-state index in [1.165, 1.54) is 0 Å². The van der Waals surface area contributed by atoms with Crippen LogP contribution in [0.25, 0.3) is 16.6 Å². The molecule has 0 saturated carbocycles. The van der Waals surface area contributed by atoms with Crippen LogP contribution in [0.2, 0.25) is 0 Å². The number of hydrogen-bond donors (Lipinski definition) is 3. The van der Waals surface area contributed by atoms with Crippen LogP contribution in [0.3, 0.4) is 0 Å². The average Bonchev–Trinajstić information content (AvgIpc) is 3.10. The molecule has 0 unspecified atom stereocenters. The highest BCUT2D eigenvalue weighted by Gasteiger charge is 2.33. The van der Waals surface area contributed by atoms with Gasteiger partial charge in [-0.05, 0) is 36.8 Å². The monoisotopic (exact) mass is 364 g/mol. The second kappa shape index (κ2) is 6.05. The summed E-state index contributed by atoms with van der Waals surface area (Å²) in [6.45, 7) is 1.99. The molecule has 0 radical (unpaired) electrons. The molecule has 27 heavy (non-hydrogen) atoms. The Morgan fingerprint density at radius 1 is 1.15 bits per heavy atom. The van der Waals surface area contributed by atoms with E-state index in [9.17, 15) is 10.2 Å². The van der Waals surface area contributed by atoms with Gasteiger partial charge in [0.1, 0.15) is 28.9 Å². The Kier molecular flexibility index (Phi) is 3.80. The van der Waals surface area contributed by atoms with Gasteiger partial charge < -0.3 is 24.4 Å². The van der Waals surface area contributed by atoms with Crippen LogP contribution in [0, 0.1) is 12.3 Å². The maximum atomic E-state index is 10.6. The first kappa shape index (κ1) is 17.0. The number of aromatic hydroxyl groups is 1. The van der Waals surface area contributed by atoms with Gasteiger partial charge in [0.05, 0.1) is 35.9 Å². The lowest BCUT2D eigenvalue weighted by atomic mass is 10.2. The van der Waals surface area contributed by atoms with Gasteiger partial charge in [0.15, 0.2) is 0 Å². The predicted octanol–water partition coefficient (Wildman–Crippen LogP) is 3.36. The third kappa shape index (κ3) is 2.59. The second-order valence-electron chi connectivity index (χ2n) is 6.60. The highest BCUT2D eigenvalue weighted by molar-refractivity contribution is 6.30. The van der Waals surface area contributed by atoms with Gasteiger partial charge in [0.25, 0.3) is 0 Å². The third-order valence-electron chi connectivity index (χ3n) is 4.84. The first-order chi connectivity index (χ1) is 12.9. The summed E-state index contributed by atoms with van der Waals surface area (Å²) in [6, 6.07) is 10.8. The Labute approximate surface area is 156 Å². The van der Waals surface area contributed by atoms with E-state index in [4.69, 9.17) is 10.1 Å². The third-order valence-corrected chi connectivity index (χ3v) is 4.84. The maximum absolute atomic E-state index is 10.6. The molecule has 0 spiro atoms. The van der Waals surface area contributed by atoms with Crippen molar-refractivity contribution in [3.05, 3.63) is 53.5 Å². The fourth-order valence-corrected chi connectivity index (χ4v) is 3.41. The van der Waals surface area contributed by atoms with Crippen molar-refractivity contribution < 1.29 is 14.9 Å². The van der Waals surface area contributed by atoms with Crippen molar-refractivity contribution in [3.8, 4) is 11.5 Å². The number of phenols is 1. The van der Waals surface area contributed by atoms with Gasteiger partial charge in [0, 0.05) is 13.1 Å². The zero-order valence-corrected chi connectivity index (χ0v) is 15.3. The number of phenolic OH excluding ortho intramolecular Hbond substituents is 1. The fraction of sp³-hybridized carbons (Fsp3) is 0.200. The molecule has 0 atom stereocenters. The lowest BCUT2D eigenvalue weighted by Gasteiger charge is -2.20. The number of aromatic nitrogens is 2. The molecule has 2 aromatic carbocycles. The number of aliphatic hydroxyl groups is 1. The van der Waals surface area contributed by atoms with Crippen LogP contribution in [0.5, 0.6) is 11.5 Å². The lowest BCUT2D eigenvalue weighted by Crippen LogP contribution is -2.26. The van der Waals surface area contributed by atoms with Crippen LogP contribution in [0.1, 0.15) is 11.4 Å². The number of methoxy groups -OCH3 is 1. The van der Waals surface area contributed by atoms with Crippen LogP contribution in [0.15, 0.2) is 42.2 Å². The van der Waals surface area contributed by atoms with Gasteiger partial charge in [-0.1, -0.05) is 6.07 Å². The molecule has 3 N–H and O–H groups in total. The highest BCUT2D eigenvalue weighted by Crippen LogP contribution is 2.36. The SMILES string of the molecule is COc1ccc2c(c1)nc(C1=C(O)CN(c3ccc(C)cc3O)C1=N)n2C. The summed E-state index contributed by atoms with van der Waals surface area (Å²) < 4.78 is 7.09. The van der Waals surface area contributed by atoms with Crippen LogP contribution in [0.4, 0.5) is 5.69 Å². The molecule has 2 heterocycles. The van der Waals surface area contributed by atoms with Crippen molar-refractivity contribution >= 4 is 28.1 Å². The van der Waals surface area contributed by atoms with E-state index in [0.29, 0.717) is 22.8 Å². The van der Waals surface area contributed by atoms with E-state index in [1.807, 2.05) is 42.8 Å². The number of amidine groups is 1. The number of nitrogens with one attached hydrogen (secondary N) is 1. The number of aliphatic hydroxyl groups excluding tert-OH is 1. The van der Waals surface area contributed by atoms with E-state index in [2.05, 4.69) is 4.98 Å². The minimum atomic E-state index is 0.0466. The van der Waals surface area contributed by atoms with Crippen molar-refractivity contribution in [1.29, 1.82) is 5.41 Å². The number of anilines is 1. The first-order valence-electron chi connectivity index (χ1n) is 8.49. The minimum Gasteiger partial charge on any atom is -0.509 e. The molecule has 0 bridgehead atoms. The number of imidazole rings is 1. The number of rotatable bonds is 3. The van der Waals surface area contributed by atoms with E-state index in [1.54, 1.807) is 24.1 Å². The van der Waals surface area contributed by atoms with Gasteiger partial charge in [-0.15, -0.1) is 0 Å². The summed E-state index contributed by atoms with van der Waals surface area (Å²) in [6.07, 6.45) is 0. The van der Waals surface area contributed by atoms with Crippen LogP contribution < -0.4 is 9.64 Å². The summed E-state index contributed by atoms with van der Waals surface area (Å²) >= 11 is 0. The predicted molar refractivity (Wildman–Crippen MR) is 105 cm³/mol. The van der Waals surface area contributed by atoms with E-state index >= 15 is 0 Å². The van der Waals surface area contributed by atoms with Crippen molar-refractivity contribution in [2.75, 3.05) is 18.6 Å². The quantitative estimate of drug-likeness (QED) is 0.662. The number of benzene rings is 2. The van der Waals surface area contributed by atoms with Gasteiger partial charge >= 0.3 is 0 Å². The molecule has 0 saturated heterocycles. The van der Waals surface area contributed by atoms with E-state index < -0.39 is 0 Å². The Hall–Kier alpha value is -3.48. The smallest absolute Gasteiger partial charge is 0.148 e. The standard InChI is InChI=1S/C20H20N4O3/c1-11-4-6-15(16(25)8-11)24-10-17(26)18(19(24)21)20-22-13-9-12(27-3)5-7-14(13)23(20)2/h4-9,21,25-26H,10H2,1-3H3. The Morgan fingerprint density at radius 3 is 2.63 bits per heavy atom. The zero-order valence-electron chi connectivity index (χ0n) is 15.3. The Balaban J connectivity index is 1.78. The molecule has 0 amide bonds. The molecule has 7 heteroatoms. The topological polar surface area (TPSA) is 94.6 Å². The van der Waals surface area contributed by atoms with Crippen molar-refractivity contribution in [3.63, 3.8) is 0 Å². The van der Waals surface area contributed by atoms with Crippen LogP contribution in [-0.4, -0.2) is 39.3 Å². The van der Waals surface area contributed by atoms with E-state index in [-0.39, 0.29) is 23.9 Å². The van der Waals surface area contributed by atoms with Crippen molar-refractivity contribution in [1.82, 2.24) is 9.55 Å². The highest BCUT2D eigenvalue weighted by atomic mass is 16.5. The molecular formula is C20H20N4O3. The summed E-state index contributed by atoms with van der Waals surface area (Å²) in [5, 5.41) is 29.4. The number of aryl methyl sites for hydroxylation is 2. The summed E-state index contributed by atoms with van der Waals surface area (Å²) in [5.74, 6) is 1.40. The molecule has 0 fully saturated rings. The van der Waals surface area contributed by atoms with Crippen LogP contribution >= 0.6 is 0 Å². The largest absolute Gasteiger partial charge is 0.509 e. The molecule has 0 aliphatic carbocycles. The van der Waals surface area contributed by atoms with Crippen LogP contribution in [-0.2, 0) is 7.05 Å². The van der Waals surface area contributed by atoms with Gasteiger partial charge in [0.2, 0.25) is 0 Å². The molecule has 7 nitrogen and oxygen atoms in total. The van der Waals surface area contributed by atoms with E-state index in [0.717, 1.165) is 16.6 Å². The lowest BCUT2D eigenvalue weighted by molar-refractivity contribution is 0.410.